The van der Waals surface area contributed by atoms with E-state index in [0.717, 1.165) is 9.65 Å². The molecule has 0 aliphatic carbocycles. The third-order valence-corrected chi connectivity index (χ3v) is 6.12. The molecule has 0 bridgehead atoms. The molecule has 3 aromatic rings. The van der Waals surface area contributed by atoms with Gasteiger partial charge in [0.2, 0.25) is 0 Å². The summed E-state index contributed by atoms with van der Waals surface area (Å²) in [7, 11) is 0. The van der Waals surface area contributed by atoms with Gasteiger partial charge in [0.15, 0.2) is 0 Å². The van der Waals surface area contributed by atoms with E-state index in [1.54, 1.807) is 6.07 Å². The van der Waals surface area contributed by atoms with E-state index in [4.69, 9.17) is 0 Å². The maximum atomic E-state index is 12.1. The first kappa shape index (κ1) is 13.4. The van der Waals surface area contributed by atoms with Gasteiger partial charge in [0.25, 0.3) is 0 Å². The van der Waals surface area contributed by atoms with E-state index < -0.39 is 0 Å². The van der Waals surface area contributed by atoms with Crippen LogP contribution in [0.25, 0.3) is 9.65 Å². The number of amides is 1. The molecule has 0 unspecified atom stereocenters. The van der Waals surface area contributed by atoms with Gasteiger partial charge in [-0.05, 0) is 0 Å². The molecule has 0 spiro atoms. The van der Waals surface area contributed by atoms with Crippen LogP contribution < -0.4 is 10.9 Å². The van der Waals surface area contributed by atoms with Crippen molar-refractivity contribution < 1.29 is 4.79 Å². The predicted molar refractivity (Wildman–Crippen MR) is 81.8 cm³/mol. The summed E-state index contributed by atoms with van der Waals surface area (Å²) in [6.45, 7) is 1.04. The van der Waals surface area contributed by atoms with Crippen LogP contribution in [0.4, 0.5) is 0 Å². The van der Waals surface area contributed by atoms with Crippen LogP contribution in [0.15, 0.2) is 46.6 Å². The fourth-order valence-corrected chi connectivity index (χ4v) is 4.66. The molecule has 20 heavy (non-hydrogen) atoms. The number of fused-ring (bicyclic) bond motifs is 1. The van der Waals surface area contributed by atoms with Gasteiger partial charge in [-0.3, -0.25) is 0 Å². The van der Waals surface area contributed by atoms with Crippen LogP contribution in [0.2, 0.25) is 0 Å². The molecule has 0 fully saturated rings. The number of hydrogen-bond donors (Lipinski definition) is 1. The van der Waals surface area contributed by atoms with Gasteiger partial charge in [-0.15, -0.1) is 0 Å². The summed E-state index contributed by atoms with van der Waals surface area (Å²) >= 11 is 1.44. The van der Waals surface area contributed by atoms with Crippen molar-refractivity contribution in [3.8, 4) is 0 Å². The van der Waals surface area contributed by atoms with Gasteiger partial charge in [0, 0.05) is 0 Å². The van der Waals surface area contributed by atoms with Crippen molar-refractivity contribution in [2.45, 2.75) is 6.54 Å². The van der Waals surface area contributed by atoms with Gasteiger partial charge in [-0.25, -0.2) is 0 Å². The molecule has 0 aliphatic rings. The average molecular weight is 351 g/mol. The van der Waals surface area contributed by atoms with E-state index in [1.165, 1.54) is 11.3 Å². The van der Waals surface area contributed by atoms with E-state index in [2.05, 4.69) is 5.32 Å². The first-order chi connectivity index (χ1) is 9.75. The number of benzene rings is 1. The van der Waals surface area contributed by atoms with Crippen molar-refractivity contribution in [1.29, 1.82) is 0 Å². The summed E-state index contributed by atoms with van der Waals surface area (Å²) in [6, 6.07) is 11.3. The van der Waals surface area contributed by atoms with E-state index in [1.807, 2.05) is 39.3 Å². The zero-order valence-corrected chi connectivity index (χ0v) is 13.1. The molecule has 2 heterocycles. The topological polar surface area (TPSA) is 51.1 Å². The summed E-state index contributed by atoms with van der Waals surface area (Å²) in [5.74, 6) is -0.0725. The Hall–Kier alpha value is -1.62. The van der Waals surface area contributed by atoms with Crippen molar-refractivity contribution in [2.24, 2.45) is 0 Å². The standard InChI is InChI=1S/C14H12N2O2SSe/c17-13(11-5-3-9-19-11)15-7-8-16-14(18)10-4-1-2-6-12(10)20-16/h1-6,9H,7-8H2,(H,15,17). The minimum atomic E-state index is -0.0725. The Morgan fingerprint density at radius 2 is 2.10 bits per heavy atom. The Morgan fingerprint density at radius 1 is 1.25 bits per heavy atom. The predicted octanol–water partition coefficient (Wildman–Crippen LogP) is 1.55. The molecule has 0 saturated carbocycles. The second-order valence-corrected chi connectivity index (χ2v) is 7.41. The Labute approximate surface area is 125 Å². The zero-order valence-electron chi connectivity index (χ0n) is 10.5. The molecule has 6 heteroatoms. The van der Waals surface area contributed by atoms with E-state index >= 15 is 0 Å². The van der Waals surface area contributed by atoms with Crippen LogP contribution in [-0.4, -0.2) is 30.7 Å². The third kappa shape index (κ3) is 2.63. The van der Waals surface area contributed by atoms with Gasteiger partial charge in [-0.2, -0.15) is 0 Å². The number of nitrogens with one attached hydrogen (secondary N) is 1. The van der Waals surface area contributed by atoms with Gasteiger partial charge in [-0.1, -0.05) is 0 Å². The molecule has 0 radical (unpaired) electrons. The van der Waals surface area contributed by atoms with Crippen molar-refractivity contribution in [2.75, 3.05) is 6.54 Å². The summed E-state index contributed by atoms with van der Waals surface area (Å²) in [5.41, 5.74) is 0.0750. The van der Waals surface area contributed by atoms with E-state index in [9.17, 15) is 9.59 Å². The number of hydrogen-bond acceptors (Lipinski definition) is 3. The second-order valence-electron chi connectivity index (χ2n) is 4.23. The van der Waals surface area contributed by atoms with E-state index in [0.29, 0.717) is 18.0 Å². The Balaban J connectivity index is 1.67. The molecular formula is C14H12N2O2SSe. The Morgan fingerprint density at radius 3 is 2.85 bits per heavy atom. The minimum absolute atomic E-state index is 0.0291. The molecule has 0 aliphatic heterocycles. The van der Waals surface area contributed by atoms with Crippen LogP contribution >= 0.6 is 11.3 Å². The van der Waals surface area contributed by atoms with Crippen LogP contribution in [0, 0.1) is 0 Å². The van der Waals surface area contributed by atoms with Crippen LogP contribution in [0.1, 0.15) is 9.67 Å². The molecule has 0 saturated heterocycles. The molecule has 3 rings (SSSR count). The van der Waals surface area contributed by atoms with Crippen molar-refractivity contribution >= 4 is 41.6 Å². The first-order valence-corrected chi connectivity index (χ1v) is 8.66. The molecule has 0 atom stereocenters. The number of rotatable bonds is 4. The molecule has 1 amide bonds. The van der Waals surface area contributed by atoms with Gasteiger partial charge in [0.1, 0.15) is 0 Å². The fraction of sp³-hybridized carbons (Fsp3) is 0.143. The van der Waals surface area contributed by atoms with Gasteiger partial charge in [0.05, 0.1) is 0 Å². The molecule has 1 N–H and O–H groups in total. The molecule has 1 aromatic carbocycles. The summed E-state index contributed by atoms with van der Waals surface area (Å²) in [6.07, 6.45) is 0. The fourth-order valence-electron chi connectivity index (χ4n) is 1.93. The maximum absolute atomic E-state index is 12.1. The van der Waals surface area contributed by atoms with Crippen LogP contribution in [0.3, 0.4) is 0 Å². The zero-order chi connectivity index (χ0) is 13.9. The third-order valence-electron chi connectivity index (χ3n) is 2.90. The molecule has 2 aromatic heterocycles. The quantitative estimate of drug-likeness (QED) is 0.725. The first-order valence-electron chi connectivity index (χ1n) is 6.16. The molecule has 102 valence electrons. The monoisotopic (exact) mass is 352 g/mol. The van der Waals surface area contributed by atoms with Crippen molar-refractivity contribution in [3.63, 3.8) is 0 Å². The van der Waals surface area contributed by atoms with Crippen molar-refractivity contribution in [3.05, 3.63) is 57.0 Å². The number of nitrogens with zero attached hydrogens (tertiary/aromatic N) is 1. The SMILES string of the molecule is O=C(NCCn1[se]c2ccccc2c1=O)c1cccs1. The van der Waals surface area contributed by atoms with Gasteiger partial charge < -0.3 is 0 Å². The van der Waals surface area contributed by atoms with Gasteiger partial charge >= 0.3 is 125 Å². The normalized spacial score (nSPS) is 10.8. The van der Waals surface area contributed by atoms with Crippen LogP contribution in [-0.2, 0) is 6.54 Å². The number of carbonyl (C=O) groups is 1. The summed E-state index contributed by atoms with van der Waals surface area (Å²) in [4.78, 5) is 24.6. The van der Waals surface area contributed by atoms with Crippen LogP contribution in [0.5, 0.6) is 0 Å². The molecular weight excluding hydrogens is 339 g/mol. The summed E-state index contributed by atoms with van der Waals surface area (Å²) in [5, 5.41) is 5.52. The Kier molecular flexibility index (Phi) is 3.87. The Bertz CT molecular complexity index is 789. The van der Waals surface area contributed by atoms with Crippen molar-refractivity contribution in [1.82, 2.24) is 8.88 Å². The number of carbonyl (C=O) groups excluding carboxylic acids is 1. The van der Waals surface area contributed by atoms with E-state index in [-0.39, 0.29) is 26.2 Å². The second kappa shape index (κ2) is 5.79. The summed E-state index contributed by atoms with van der Waals surface area (Å²) < 4.78 is 2.95. The number of thiophene rings is 1. The average Bonchev–Trinajstić information content (AvgIpc) is 3.09. The molecule has 4 nitrogen and oxygen atoms in total. The number of aromatic nitrogens is 1.